The number of nitrogens with zero attached hydrogens (tertiary/aromatic N) is 1. The van der Waals surface area contributed by atoms with Gasteiger partial charge in [0.2, 0.25) is 0 Å². The average Bonchev–Trinajstić information content (AvgIpc) is 3.26. The molecule has 0 aromatic heterocycles. The van der Waals surface area contributed by atoms with Gasteiger partial charge in [0.05, 0.1) is 10.5 Å². The van der Waals surface area contributed by atoms with Gasteiger partial charge in [-0.1, -0.05) is 0 Å². The zero-order valence-corrected chi connectivity index (χ0v) is 11.1. The predicted octanol–water partition coefficient (Wildman–Crippen LogP) is 1.20. The zero-order valence-electron chi connectivity index (χ0n) is 11.1. The van der Waals surface area contributed by atoms with Crippen LogP contribution in [0.1, 0.15) is 23.2 Å². The molecular formula is C13H14N2O6. The summed E-state index contributed by atoms with van der Waals surface area (Å²) in [6, 6.07) is 3.19. The molecule has 1 aromatic carbocycles. The monoisotopic (exact) mass is 294 g/mol. The van der Waals surface area contributed by atoms with Crippen LogP contribution in [0, 0.1) is 16.0 Å². The summed E-state index contributed by atoms with van der Waals surface area (Å²) in [5.74, 6) is -1.34. The Hall–Kier alpha value is -2.64. The maximum Gasteiger partial charge on any atom is 0.335 e. The number of rotatable bonds is 7. The van der Waals surface area contributed by atoms with E-state index in [0.29, 0.717) is 12.5 Å². The minimum atomic E-state index is -1.23. The first-order valence-electron chi connectivity index (χ1n) is 6.38. The minimum Gasteiger partial charge on any atom is -0.478 e. The Kier molecular flexibility index (Phi) is 4.36. The van der Waals surface area contributed by atoms with E-state index >= 15 is 0 Å². The van der Waals surface area contributed by atoms with E-state index in [9.17, 15) is 19.7 Å². The topological polar surface area (TPSA) is 119 Å². The van der Waals surface area contributed by atoms with Crippen LogP contribution in [0.25, 0.3) is 0 Å². The lowest BCUT2D eigenvalue weighted by Gasteiger charge is -2.08. The van der Waals surface area contributed by atoms with E-state index in [-0.39, 0.29) is 17.0 Å². The van der Waals surface area contributed by atoms with E-state index in [1.165, 1.54) is 0 Å². The van der Waals surface area contributed by atoms with Gasteiger partial charge in [-0.25, -0.2) is 4.79 Å². The van der Waals surface area contributed by atoms with Crippen molar-refractivity contribution < 1.29 is 24.4 Å². The van der Waals surface area contributed by atoms with Crippen molar-refractivity contribution in [3.8, 4) is 5.75 Å². The van der Waals surface area contributed by atoms with E-state index in [2.05, 4.69) is 5.32 Å². The van der Waals surface area contributed by atoms with Crippen LogP contribution >= 0.6 is 0 Å². The molecule has 0 radical (unpaired) electrons. The lowest BCUT2D eigenvalue weighted by Crippen LogP contribution is -2.30. The number of hydrogen-bond acceptors (Lipinski definition) is 5. The van der Waals surface area contributed by atoms with Crippen LogP contribution in [0.3, 0.4) is 0 Å². The number of carboxylic acid groups (broad SMARTS) is 1. The molecule has 1 aromatic rings. The summed E-state index contributed by atoms with van der Waals surface area (Å²) in [5, 5.41) is 22.4. The number of carbonyl (C=O) groups excluding carboxylic acids is 1. The summed E-state index contributed by atoms with van der Waals surface area (Å²) < 4.78 is 5.09. The Morgan fingerprint density at radius 1 is 1.43 bits per heavy atom. The highest BCUT2D eigenvalue weighted by Gasteiger charge is 2.22. The van der Waals surface area contributed by atoms with Crippen LogP contribution < -0.4 is 10.1 Å². The fraction of sp³-hybridized carbons (Fsp3) is 0.385. The van der Waals surface area contributed by atoms with E-state index in [0.717, 1.165) is 31.0 Å². The summed E-state index contributed by atoms with van der Waals surface area (Å²) in [6.45, 7) is 0.177. The highest BCUT2D eigenvalue weighted by molar-refractivity contribution is 5.88. The molecule has 1 fully saturated rings. The van der Waals surface area contributed by atoms with Crippen molar-refractivity contribution in [2.45, 2.75) is 12.8 Å². The normalized spacial score (nSPS) is 13.5. The summed E-state index contributed by atoms with van der Waals surface area (Å²) in [7, 11) is 0. The van der Waals surface area contributed by atoms with Crippen molar-refractivity contribution in [2.75, 3.05) is 13.2 Å². The molecule has 2 rings (SSSR count). The maximum absolute atomic E-state index is 11.5. The van der Waals surface area contributed by atoms with Crippen molar-refractivity contribution in [2.24, 2.45) is 5.92 Å². The molecule has 0 aliphatic heterocycles. The molecule has 0 spiro atoms. The Morgan fingerprint density at radius 2 is 2.14 bits per heavy atom. The number of ether oxygens (including phenoxy) is 1. The maximum atomic E-state index is 11.5. The zero-order chi connectivity index (χ0) is 15.4. The van der Waals surface area contributed by atoms with Crippen LogP contribution in [0.15, 0.2) is 18.2 Å². The predicted molar refractivity (Wildman–Crippen MR) is 71.3 cm³/mol. The van der Waals surface area contributed by atoms with Gasteiger partial charge in [-0.3, -0.25) is 14.9 Å². The summed E-state index contributed by atoms with van der Waals surface area (Å²) in [6.07, 6.45) is 2.18. The first-order chi connectivity index (χ1) is 9.97. The number of hydrogen-bond donors (Lipinski definition) is 2. The molecular weight excluding hydrogens is 280 g/mol. The SMILES string of the molecule is O=C(COc1cc(C(=O)O)ccc1[N+](=O)[O-])NCC1CC1. The van der Waals surface area contributed by atoms with E-state index < -0.39 is 23.4 Å². The molecule has 8 nitrogen and oxygen atoms in total. The van der Waals surface area contributed by atoms with Crippen LogP contribution in [-0.4, -0.2) is 35.1 Å². The number of nitro benzene ring substituents is 1. The Morgan fingerprint density at radius 3 is 2.71 bits per heavy atom. The fourth-order valence-electron chi connectivity index (χ4n) is 1.69. The molecule has 0 saturated heterocycles. The summed E-state index contributed by atoms with van der Waals surface area (Å²) in [4.78, 5) is 32.5. The van der Waals surface area contributed by atoms with Crippen molar-refractivity contribution in [3.63, 3.8) is 0 Å². The van der Waals surface area contributed by atoms with Gasteiger partial charge < -0.3 is 15.2 Å². The molecule has 112 valence electrons. The van der Waals surface area contributed by atoms with Gasteiger partial charge in [0.15, 0.2) is 12.4 Å². The number of amides is 1. The molecule has 21 heavy (non-hydrogen) atoms. The largest absolute Gasteiger partial charge is 0.478 e. The van der Waals surface area contributed by atoms with E-state index in [1.54, 1.807) is 0 Å². The molecule has 0 atom stereocenters. The van der Waals surface area contributed by atoms with E-state index in [1.807, 2.05) is 0 Å². The molecule has 0 unspecified atom stereocenters. The third-order valence-electron chi connectivity index (χ3n) is 3.05. The van der Waals surface area contributed by atoms with Crippen molar-refractivity contribution in [1.29, 1.82) is 0 Å². The van der Waals surface area contributed by atoms with Gasteiger partial charge in [0, 0.05) is 18.7 Å². The Bertz CT molecular complexity index is 582. The van der Waals surface area contributed by atoms with Gasteiger partial charge in [-0.15, -0.1) is 0 Å². The first kappa shape index (κ1) is 14.8. The standard InChI is InChI=1S/C13H14N2O6/c16-12(14-6-8-1-2-8)7-21-11-5-9(13(17)18)3-4-10(11)15(19)20/h3-5,8H,1-2,6-7H2,(H,14,16)(H,17,18). The molecule has 8 heteroatoms. The number of nitro groups is 1. The van der Waals surface area contributed by atoms with Gasteiger partial charge in [0.25, 0.3) is 5.91 Å². The van der Waals surface area contributed by atoms with Crippen LogP contribution in [0.2, 0.25) is 0 Å². The number of aromatic carboxylic acids is 1. The number of nitrogens with one attached hydrogen (secondary N) is 1. The number of carbonyl (C=O) groups is 2. The van der Waals surface area contributed by atoms with Crippen molar-refractivity contribution in [1.82, 2.24) is 5.32 Å². The molecule has 0 heterocycles. The number of benzene rings is 1. The Labute approximate surface area is 119 Å². The number of carboxylic acids is 1. The van der Waals surface area contributed by atoms with Crippen LogP contribution in [0.5, 0.6) is 5.75 Å². The van der Waals surface area contributed by atoms with Crippen molar-refractivity contribution >= 4 is 17.6 Å². The third kappa shape index (κ3) is 4.16. The molecule has 0 bridgehead atoms. The quantitative estimate of drug-likeness (QED) is 0.576. The lowest BCUT2D eigenvalue weighted by molar-refractivity contribution is -0.385. The average molecular weight is 294 g/mol. The molecule has 1 saturated carbocycles. The highest BCUT2D eigenvalue weighted by Crippen LogP contribution is 2.28. The first-order valence-corrected chi connectivity index (χ1v) is 6.38. The highest BCUT2D eigenvalue weighted by atomic mass is 16.6. The smallest absolute Gasteiger partial charge is 0.335 e. The minimum absolute atomic E-state index is 0.144. The fourth-order valence-corrected chi connectivity index (χ4v) is 1.69. The Balaban J connectivity index is 2.01. The van der Waals surface area contributed by atoms with E-state index in [4.69, 9.17) is 9.84 Å². The third-order valence-corrected chi connectivity index (χ3v) is 3.05. The molecule has 2 N–H and O–H groups in total. The van der Waals surface area contributed by atoms with Gasteiger partial charge >= 0.3 is 11.7 Å². The van der Waals surface area contributed by atoms with Crippen LogP contribution in [-0.2, 0) is 4.79 Å². The van der Waals surface area contributed by atoms with Gasteiger partial charge in [-0.2, -0.15) is 0 Å². The molecule has 1 aliphatic rings. The van der Waals surface area contributed by atoms with Crippen LogP contribution in [0.4, 0.5) is 5.69 Å². The second-order valence-corrected chi connectivity index (χ2v) is 4.78. The second kappa shape index (κ2) is 6.21. The summed E-state index contributed by atoms with van der Waals surface area (Å²) in [5.41, 5.74) is -0.524. The molecule has 1 amide bonds. The molecule has 1 aliphatic carbocycles. The van der Waals surface area contributed by atoms with Gasteiger partial charge in [0.1, 0.15) is 0 Å². The second-order valence-electron chi connectivity index (χ2n) is 4.78. The van der Waals surface area contributed by atoms with Gasteiger partial charge in [-0.05, 0) is 24.8 Å². The summed E-state index contributed by atoms with van der Waals surface area (Å²) >= 11 is 0. The van der Waals surface area contributed by atoms with Crippen molar-refractivity contribution in [3.05, 3.63) is 33.9 Å². The lowest BCUT2D eigenvalue weighted by atomic mass is 10.2.